The van der Waals surface area contributed by atoms with Gasteiger partial charge in [0.05, 0.1) is 11.1 Å². The van der Waals surface area contributed by atoms with Crippen molar-refractivity contribution in [1.29, 1.82) is 5.26 Å². The van der Waals surface area contributed by atoms with Crippen LogP contribution in [0.1, 0.15) is 56.6 Å². The number of rotatable bonds is 4. The first kappa shape index (κ1) is 21.5. The molecule has 2 aliphatic carbocycles. The van der Waals surface area contributed by atoms with Crippen LogP contribution >= 0.6 is 0 Å². The molecule has 1 N–H and O–H groups in total. The maximum atomic E-state index is 13.9. The molecule has 5 rings (SSSR count). The van der Waals surface area contributed by atoms with E-state index in [0.29, 0.717) is 35.1 Å². The lowest BCUT2D eigenvalue weighted by atomic mass is 9.75. The standard InChI is InChI=1S/C27H27FN4O/c1-27(2,26(33)32-25-6-3-16(14-29)15-31-25)20-11-17-9-19(10-18(17)12-20)22-7-8-30-24-5-4-21(28)13-23(22)24/h3-8,13,15,17-20H,9-12H2,1-2H3,(H,31,32,33)/t17-,18+,19?,20?. The zero-order chi connectivity index (χ0) is 23.2. The van der Waals surface area contributed by atoms with Gasteiger partial charge in [-0.05, 0) is 91.3 Å². The third-order valence-corrected chi connectivity index (χ3v) is 7.93. The molecule has 0 spiro atoms. The van der Waals surface area contributed by atoms with Crippen molar-refractivity contribution in [3.63, 3.8) is 0 Å². The Morgan fingerprint density at radius 1 is 1.09 bits per heavy atom. The second-order valence-corrected chi connectivity index (χ2v) is 10.1. The number of carbonyl (C=O) groups is 1. The molecule has 2 fully saturated rings. The summed E-state index contributed by atoms with van der Waals surface area (Å²) in [6.45, 7) is 4.04. The maximum absolute atomic E-state index is 13.9. The fourth-order valence-electron chi connectivity index (χ4n) is 5.95. The van der Waals surface area contributed by atoms with Gasteiger partial charge in [-0.25, -0.2) is 9.37 Å². The SMILES string of the molecule is CC(C)(C(=O)Nc1ccc(C#N)cn1)C1C[C@H]2CC(c3ccnc4ccc(F)cc34)C[C@H]2C1. The summed E-state index contributed by atoms with van der Waals surface area (Å²) >= 11 is 0. The molecule has 168 valence electrons. The van der Waals surface area contributed by atoms with Crippen LogP contribution in [0.2, 0.25) is 0 Å². The molecule has 33 heavy (non-hydrogen) atoms. The Balaban J connectivity index is 1.27. The predicted octanol–water partition coefficient (Wildman–Crippen LogP) is 5.83. The lowest BCUT2D eigenvalue weighted by Gasteiger charge is -2.31. The van der Waals surface area contributed by atoms with Gasteiger partial charge in [-0.3, -0.25) is 9.78 Å². The summed E-state index contributed by atoms with van der Waals surface area (Å²) in [6, 6.07) is 12.2. The molecule has 0 bridgehead atoms. The number of nitrogens with one attached hydrogen (secondary N) is 1. The number of halogens is 1. The van der Waals surface area contributed by atoms with Gasteiger partial charge in [-0.2, -0.15) is 5.26 Å². The highest BCUT2D eigenvalue weighted by atomic mass is 19.1. The van der Waals surface area contributed by atoms with Crippen LogP contribution in [0.4, 0.5) is 10.2 Å². The van der Waals surface area contributed by atoms with Gasteiger partial charge in [0.25, 0.3) is 0 Å². The van der Waals surface area contributed by atoms with Gasteiger partial charge in [-0.15, -0.1) is 0 Å². The largest absolute Gasteiger partial charge is 0.310 e. The number of aromatic nitrogens is 2. The van der Waals surface area contributed by atoms with Gasteiger partial charge >= 0.3 is 0 Å². The van der Waals surface area contributed by atoms with E-state index in [0.717, 1.165) is 36.6 Å². The molecular formula is C27H27FN4O. The Kier molecular flexibility index (Phi) is 5.36. The van der Waals surface area contributed by atoms with E-state index in [2.05, 4.69) is 15.3 Å². The Morgan fingerprint density at radius 3 is 2.52 bits per heavy atom. The van der Waals surface area contributed by atoms with E-state index < -0.39 is 5.41 Å². The molecule has 2 unspecified atom stereocenters. The smallest absolute Gasteiger partial charge is 0.231 e. The van der Waals surface area contributed by atoms with Crippen LogP contribution in [0, 0.1) is 40.3 Å². The van der Waals surface area contributed by atoms with E-state index in [1.807, 2.05) is 32.2 Å². The van der Waals surface area contributed by atoms with Crippen LogP contribution < -0.4 is 5.32 Å². The summed E-state index contributed by atoms with van der Waals surface area (Å²) < 4.78 is 13.9. The van der Waals surface area contributed by atoms with Crippen LogP contribution in [-0.4, -0.2) is 15.9 Å². The van der Waals surface area contributed by atoms with Crippen molar-refractivity contribution < 1.29 is 9.18 Å². The third kappa shape index (κ3) is 3.97. The molecule has 6 heteroatoms. The minimum absolute atomic E-state index is 0.0307. The average Bonchev–Trinajstić information content (AvgIpc) is 3.39. The fourth-order valence-corrected chi connectivity index (χ4v) is 5.95. The summed E-state index contributed by atoms with van der Waals surface area (Å²) in [7, 11) is 0. The van der Waals surface area contributed by atoms with E-state index >= 15 is 0 Å². The molecule has 1 amide bonds. The van der Waals surface area contributed by atoms with Gasteiger partial charge < -0.3 is 5.32 Å². The Morgan fingerprint density at radius 2 is 1.85 bits per heavy atom. The van der Waals surface area contributed by atoms with Crippen LogP contribution in [0.15, 0.2) is 48.8 Å². The minimum Gasteiger partial charge on any atom is -0.310 e. The van der Waals surface area contributed by atoms with Crippen LogP contribution in [0.3, 0.4) is 0 Å². The molecule has 0 aliphatic heterocycles. The monoisotopic (exact) mass is 442 g/mol. The number of anilines is 1. The fraction of sp³-hybridized carbons (Fsp3) is 0.407. The average molecular weight is 443 g/mol. The summed E-state index contributed by atoms with van der Waals surface area (Å²) in [6.07, 6.45) is 7.51. The molecule has 1 aromatic carbocycles. The summed E-state index contributed by atoms with van der Waals surface area (Å²) in [4.78, 5) is 21.7. The highest BCUT2D eigenvalue weighted by Crippen LogP contribution is 2.56. The van der Waals surface area contributed by atoms with E-state index in [1.54, 1.807) is 24.3 Å². The molecular weight excluding hydrogens is 415 g/mol. The normalized spacial score (nSPS) is 24.4. The molecule has 0 radical (unpaired) electrons. The van der Waals surface area contributed by atoms with Gasteiger partial charge in [-0.1, -0.05) is 13.8 Å². The van der Waals surface area contributed by atoms with Crippen LogP contribution in [0.5, 0.6) is 0 Å². The van der Waals surface area contributed by atoms with Crippen molar-refractivity contribution in [2.24, 2.45) is 23.2 Å². The maximum Gasteiger partial charge on any atom is 0.231 e. The van der Waals surface area contributed by atoms with E-state index in [4.69, 9.17) is 5.26 Å². The molecule has 4 atom stereocenters. The van der Waals surface area contributed by atoms with Crippen molar-refractivity contribution in [2.45, 2.75) is 45.4 Å². The van der Waals surface area contributed by atoms with Crippen LogP contribution in [-0.2, 0) is 4.79 Å². The number of pyridine rings is 2. The number of nitriles is 1. The Bertz CT molecular complexity index is 1230. The topological polar surface area (TPSA) is 78.7 Å². The number of hydrogen-bond donors (Lipinski definition) is 1. The molecule has 2 aliphatic rings. The summed E-state index contributed by atoms with van der Waals surface area (Å²) in [5.41, 5.74) is 2.00. The molecule has 0 saturated heterocycles. The molecule has 3 aromatic rings. The number of benzene rings is 1. The zero-order valence-corrected chi connectivity index (χ0v) is 18.9. The van der Waals surface area contributed by atoms with Crippen LogP contribution in [0.25, 0.3) is 10.9 Å². The summed E-state index contributed by atoms with van der Waals surface area (Å²) in [5, 5.41) is 12.8. The highest BCUT2D eigenvalue weighted by molar-refractivity contribution is 5.94. The summed E-state index contributed by atoms with van der Waals surface area (Å²) in [5.74, 6) is 2.10. The first-order valence-electron chi connectivity index (χ1n) is 11.6. The van der Waals surface area contributed by atoms with Crippen molar-refractivity contribution >= 4 is 22.6 Å². The Hall–Kier alpha value is -3.33. The van der Waals surface area contributed by atoms with Gasteiger partial charge in [0.15, 0.2) is 0 Å². The van der Waals surface area contributed by atoms with Crippen molar-refractivity contribution in [3.8, 4) is 6.07 Å². The lowest BCUT2D eigenvalue weighted by Crippen LogP contribution is -2.37. The minimum atomic E-state index is -0.512. The van der Waals surface area contributed by atoms with Gasteiger partial charge in [0.2, 0.25) is 5.91 Å². The predicted molar refractivity (Wildman–Crippen MR) is 125 cm³/mol. The van der Waals surface area contributed by atoms with Crippen molar-refractivity contribution in [2.75, 3.05) is 5.32 Å². The second-order valence-electron chi connectivity index (χ2n) is 10.1. The third-order valence-electron chi connectivity index (χ3n) is 7.93. The number of amides is 1. The van der Waals surface area contributed by atoms with E-state index in [9.17, 15) is 9.18 Å². The molecule has 2 saturated carbocycles. The number of carbonyl (C=O) groups excluding carboxylic acids is 1. The van der Waals surface area contributed by atoms with Gasteiger partial charge in [0, 0.05) is 23.2 Å². The first-order chi connectivity index (χ1) is 15.8. The number of hydrogen-bond acceptors (Lipinski definition) is 4. The highest BCUT2D eigenvalue weighted by Gasteiger charge is 2.49. The van der Waals surface area contributed by atoms with Crippen molar-refractivity contribution in [1.82, 2.24) is 9.97 Å². The van der Waals surface area contributed by atoms with Crippen molar-refractivity contribution in [3.05, 3.63) is 65.7 Å². The molecule has 5 nitrogen and oxygen atoms in total. The first-order valence-corrected chi connectivity index (χ1v) is 11.6. The number of nitrogens with zero attached hydrogens (tertiary/aromatic N) is 3. The Labute approximate surface area is 193 Å². The van der Waals surface area contributed by atoms with Gasteiger partial charge in [0.1, 0.15) is 17.7 Å². The van der Waals surface area contributed by atoms with E-state index in [-0.39, 0.29) is 11.7 Å². The molecule has 2 aromatic heterocycles. The number of fused-ring (bicyclic) bond motifs is 2. The van der Waals surface area contributed by atoms with E-state index in [1.165, 1.54) is 17.8 Å². The molecule has 2 heterocycles. The quantitative estimate of drug-likeness (QED) is 0.552. The second kappa shape index (κ2) is 8.22. The lowest BCUT2D eigenvalue weighted by molar-refractivity contribution is -0.126. The zero-order valence-electron chi connectivity index (χ0n) is 18.9.